The highest BCUT2D eigenvalue weighted by Crippen LogP contribution is 2.29. The fourth-order valence-corrected chi connectivity index (χ4v) is 2.32. The number of imide groups is 1. The molecule has 96 valence electrons. The maximum absolute atomic E-state index is 11.8. The lowest BCUT2D eigenvalue weighted by Gasteiger charge is -2.27. The van der Waals surface area contributed by atoms with Gasteiger partial charge in [-0.1, -0.05) is 12.1 Å². The summed E-state index contributed by atoms with van der Waals surface area (Å²) in [6.07, 6.45) is 1.81. The number of alkyl halides is 1. The van der Waals surface area contributed by atoms with Gasteiger partial charge in [-0.15, -0.1) is 11.6 Å². The van der Waals surface area contributed by atoms with Gasteiger partial charge in [0.25, 0.3) is 0 Å². The Hall–Kier alpha value is -1.39. The number of fused-ring (bicyclic) bond motifs is 1. The van der Waals surface area contributed by atoms with E-state index in [2.05, 4.69) is 0 Å². The summed E-state index contributed by atoms with van der Waals surface area (Å²) in [7, 11) is 0. The SMILES string of the molecule is NCCc1ccc2c(c1)CCC(=O)N2C(=O)CCl. The van der Waals surface area contributed by atoms with Crippen LogP contribution in [0.3, 0.4) is 0 Å². The molecule has 0 aliphatic carbocycles. The lowest BCUT2D eigenvalue weighted by molar-refractivity contribution is -0.125. The molecule has 2 N–H and O–H groups in total. The largest absolute Gasteiger partial charge is 0.330 e. The second kappa shape index (κ2) is 5.50. The highest BCUT2D eigenvalue weighted by atomic mass is 35.5. The molecule has 0 saturated heterocycles. The molecule has 1 heterocycles. The number of anilines is 1. The van der Waals surface area contributed by atoms with E-state index in [1.165, 1.54) is 4.90 Å². The molecule has 1 aliphatic heterocycles. The van der Waals surface area contributed by atoms with E-state index in [-0.39, 0.29) is 17.7 Å². The predicted octanol–water partition coefficient (Wildman–Crippen LogP) is 1.23. The number of carbonyl (C=O) groups excluding carboxylic acids is 2. The number of hydrogen-bond donors (Lipinski definition) is 1. The number of nitrogens with two attached hydrogens (primary N) is 1. The predicted molar refractivity (Wildman–Crippen MR) is 70.7 cm³/mol. The highest BCUT2D eigenvalue weighted by Gasteiger charge is 2.28. The zero-order valence-corrected chi connectivity index (χ0v) is 10.7. The summed E-state index contributed by atoms with van der Waals surface area (Å²) in [6, 6.07) is 5.73. The molecule has 0 fully saturated rings. The average Bonchev–Trinajstić information content (AvgIpc) is 2.38. The summed E-state index contributed by atoms with van der Waals surface area (Å²) < 4.78 is 0. The number of benzene rings is 1. The van der Waals surface area contributed by atoms with Gasteiger partial charge in [-0.3, -0.25) is 9.59 Å². The minimum absolute atomic E-state index is 0.181. The van der Waals surface area contributed by atoms with Crippen LogP contribution in [0.4, 0.5) is 5.69 Å². The van der Waals surface area contributed by atoms with Crippen molar-refractivity contribution in [2.45, 2.75) is 19.3 Å². The molecule has 0 aromatic heterocycles. The van der Waals surface area contributed by atoms with E-state index < -0.39 is 0 Å². The maximum Gasteiger partial charge on any atom is 0.248 e. The van der Waals surface area contributed by atoms with Crippen LogP contribution in [-0.4, -0.2) is 24.2 Å². The zero-order valence-electron chi connectivity index (χ0n) is 9.99. The van der Waals surface area contributed by atoms with E-state index in [0.29, 0.717) is 25.1 Å². The van der Waals surface area contributed by atoms with Gasteiger partial charge in [0.1, 0.15) is 5.88 Å². The molecule has 1 aromatic carbocycles. The van der Waals surface area contributed by atoms with Crippen LogP contribution in [0.25, 0.3) is 0 Å². The molecule has 0 atom stereocenters. The maximum atomic E-state index is 11.8. The molecule has 18 heavy (non-hydrogen) atoms. The first-order valence-corrected chi connectivity index (χ1v) is 6.44. The number of halogens is 1. The topological polar surface area (TPSA) is 63.4 Å². The third-order valence-electron chi connectivity index (χ3n) is 3.04. The van der Waals surface area contributed by atoms with Crippen LogP contribution in [0.2, 0.25) is 0 Å². The molecule has 0 radical (unpaired) electrons. The van der Waals surface area contributed by atoms with E-state index >= 15 is 0 Å². The molecule has 5 heteroatoms. The average molecular weight is 267 g/mol. The Morgan fingerprint density at radius 1 is 1.39 bits per heavy atom. The van der Waals surface area contributed by atoms with Gasteiger partial charge in [0.15, 0.2) is 0 Å². The second-order valence-corrected chi connectivity index (χ2v) is 4.53. The van der Waals surface area contributed by atoms with E-state index in [1.807, 2.05) is 18.2 Å². The number of rotatable bonds is 3. The molecule has 0 unspecified atom stereocenters. The molecule has 1 aromatic rings. The van der Waals surface area contributed by atoms with Crippen molar-refractivity contribution in [1.29, 1.82) is 0 Å². The lowest BCUT2D eigenvalue weighted by Crippen LogP contribution is -2.41. The molecular weight excluding hydrogens is 252 g/mol. The van der Waals surface area contributed by atoms with Crippen molar-refractivity contribution in [2.24, 2.45) is 5.73 Å². The monoisotopic (exact) mass is 266 g/mol. The van der Waals surface area contributed by atoms with E-state index in [0.717, 1.165) is 17.5 Å². The van der Waals surface area contributed by atoms with Crippen molar-refractivity contribution in [1.82, 2.24) is 0 Å². The van der Waals surface area contributed by atoms with Gasteiger partial charge in [0, 0.05) is 6.42 Å². The first-order valence-electron chi connectivity index (χ1n) is 5.91. The quantitative estimate of drug-likeness (QED) is 0.837. The lowest BCUT2D eigenvalue weighted by atomic mass is 9.97. The summed E-state index contributed by atoms with van der Waals surface area (Å²) in [5.41, 5.74) is 8.33. The number of carbonyl (C=O) groups is 2. The fourth-order valence-electron chi connectivity index (χ4n) is 2.20. The molecule has 2 rings (SSSR count). The number of nitrogens with zero attached hydrogens (tertiary/aromatic N) is 1. The van der Waals surface area contributed by atoms with Crippen LogP contribution < -0.4 is 10.6 Å². The van der Waals surface area contributed by atoms with Crippen LogP contribution in [-0.2, 0) is 22.4 Å². The van der Waals surface area contributed by atoms with Crippen molar-refractivity contribution in [2.75, 3.05) is 17.3 Å². The summed E-state index contributed by atoms with van der Waals surface area (Å²) in [4.78, 5) is 24.7. The fraction of sp³-hybridized carbons (Fsp3) is 0.385. The Bertz CT molecular complexity index is 488. The summed E-state index contributed by atoms with van der Waals surface area (Å²) in [5.74, 6) is -0.732. The normalized spacial score (nSPS) is 14.6. The number of aryl methyl sites for hydroxylation is 1. The Labute approximate surface area is 111 Å². The van der Waals surface area contributed by atoms with Crippen molar-refractivity contribution in [3.8, 4) is 0 Å². The molecule has 0 bridgehead atoms. The third kappa shape index (κ3) is 2.40. The van der Waals surface area contributed by atoms with Crippen LogP contribution in [0.15, 0.2) is 18.2 Å². The van der Waals surface area contributed by atoms with Crippen molar-refractivity contribution < 1.29 is 9.59 Å². The molecule has 1 aliphatic rings. The van der Waals surface area contributed by atoms with Gasteiger partial charge in [-0.25, -0.2) is 4.90 Å². The minimum atomic E-state index is -0.366. The smallest absolute Gasteiger partial charge is 0.248 e. The van der Waals surface area contributed by atoms with Gasteiger partial charge in [0.2, 0.25) is 11.8 Å². The van der Waals surface area contributed by atoms with Crippen LogP contribution in [0, 0.1) is 0 Å². The Morgan fingerprint density at radius 3 is 2.83 bits per heavy atom. The molecular formula is C13H15ClN2O2. The third-order valence-corrected chi connectivity index (χ3v) is 3.27. The van der Waals surface area contributed by atoms with Crippen LogP contribution in [0.1, 0.15) is 17.5 Å². The number of amides is 2. The molecule has 0 saturated carbocycles. The van der Waals surface area contributed by atoms with Gasteiger partial charge in [-0.05, 0) is 36.6 Å². The molecule has 2 amide bonds. The van der Waals surface area contributed by atoms with Gasteiger partial charge >= 0.3 is 0 Å². The first-order chi connectivity index (χ1) is 8.67. The van der Waals surface area contributed by atoms with E-state index in [4.69, 9.17) is 17.3 Å². The van der Waals surface area contributed by atoms with Gasteiger partial charge in [0.05, 0.1) is 5.69 Å². The number of hydrogen-bond acceptors (Lipinski definition) is 3. The standard InChI is InChI=1S/C13H15ClN2O2/c14-8-13(18)16-11-3-1-9(5-6-15)7-10(11)2-4-12(16)17/h1,3,7H,2,4-6,8,15H2. The highest BCUT2D eigenvalue weighted by molar-refractivity contribution is 6.33. The van der Waals surface area contributed by atoms with E-state index in [1.54, 1.807) is 0 Å². The minimum Gasteiger partial charge on any atom is -0.330 e. The summed E-state index contributed by atoms with van der Waals surface area (Å²) in [6.45, 7) is 0.585. The Kier molecular flexibility index (Phi) is 3.99. The van der Waals surface area contributed by atoms with E-state index in [9.17, 15) is 9.59 Å². The Morgan fingerprint density at radius 2 is 2.17 bits per heavy atom. The van der Waals surface area contributed by atoms with Crippen LogP contribution >= 0.6 is 11.6 Å². The van der Waals surface area contributed by atoms with Crippen LogP contribution in [0.5, 0.6) is 0 Å². The second-order valence-electron chi connectivity index (χ2n) is 4.26. The summed E-state index contributed by atoms with van der Waals surface area (Å²) >= 11 is 5.54. The van der Waals surface area contributed by atoms with Gasteiger partial charge in [-0.2, -0.15) is 0 Å². The van der Waals surface area contributed by atoms with Crippen molar-refractivity contribution >= 4 is 29.1 Å². The molecule has 4 nitrogen and oxygen atoms in total. The Balaban J connectivity index is 2.38. The van der Waals surface area contributed by atoms with Crippen molar-refractivity contribution in [3.05, 3.63) is 29.3 Å². The van der Waals surface area contributed by atoms with Crippen molar-refractivity contribution in [3.63, 3.8) is 0 Å². The zero-order chi connectivity index (χ0) is 13.1. The first kappa shape index (κ1) is 13.1. The van der Waals surface area contributed by atoms with Gasteiger partial charge < -0.3 is 5.73 Å². The molecule has 0 spiro atoms. The summed E-state index contributed by atoms with van der Waals surface area (Å²) in [5, 5.41) is 0.